The Labute approximate surface area is 183 Å². The summed E-state index contributed by atoms with van der Waals surface area (Å²) < 4.78 is 33.2. The third kappa shape index (κ3) is 6.67. The number of hydrogen-bond donors (Lipinski definition) is 2. The number of hydrogen-bond acceptors (Lipinski definition) is 4. The van der Waals surface area contributed by atoms with Crippen LogP contribution in [-0.4, -0.2) is 27.0 Å². The van der Waals surface area contributed by atoms with Gasteiger partial charge in [-0.2, -0.15) is 0 Å². The summed E-state index contributed by atoms with van der Waals surface area (Å²) in [6, 6.07) is 23.1. The van der Waals surface area contributed by atoms with Crippen molar-refractivity contribution < 1.29 is 17.9 Å². The smallest absolute Gasteiger partial charge is 0.265 e. The van der Waals surface area contributed by atoms with Gasteiger partial charge in [-0.05, 0) is 62.2 Å². The summed E-state index contributed by atoms with van der Waals surface area (Å²) >= 11 is 0. The molecule has 0 aliphatic carbocycles. The summed E-state index contributed by atoms with van der Waals surface area (Å²) in [5.74, 6) is 0.286. The van der Waals surface area contributed by atoms with Crippen LogP contribution in [-0.2, 0) is 21.2 Å². The second-order valence-corrected chi connectivity index (χ2v) is 8.99. The average molecular weight is 439 g/mol. The molecule has 1 amide bonds. The lowest BCUT2D eigenvalue weighted by Gasteiger charge is -2.15. The fourth-order valence-electron chi connectivity index (χ4n) is 2.89. The van der Waals surface area contributed by atoms with Gasteiger partial charge in [0.2, 0.25) is 10.0 Å². The van der Waals surface area contributed by atoms with E-state index in [0.717, 1.165) is 11.1 Å². The first-order chi connectivity index (χ1) is 14.8. The van der Waals surface area contributed by atoms with Gasteiger partial charge in [0.1, 0.15) is 5.75 Å². The van der Waals surface area contributed by atoms with Gasteiger partial charge in [-0.15, -0.1) is 0 Å². The predicted octanol–water partition coefficient (Wildman–Crippen LogP) is 3.92. The third-order valence-corrected chi connectivity index (χ3v) is 6.16. The molecule has 0 aromatic heterocycles. The van der Waals surface area contributed by atoms with Crippen molar-refractivity contribution in [1.29, 1.82) is 0 Å². The number of aryl methyl sites for hydroxylation is 1. The number of carbonyl (C=O) groups excluding carboxylic acids is 1. The molecule has 0 heterocycles. The molecule has 0 aliphatic rings. The van der Waals surface area contributed by atoms with E-state index in [1.165, 1.54) is 12.1 Å². The predicted molar refractivity (Wildman–Crippen MR) is 122 cm³/mol. The first-order valence-electron chi connectivity index (χ1n) is 10.0. The highest BCUT2D eigenvalue weighted by molar-refractivity contribution is 7.89. The van der Waals surface area contributed by atoms with Gasteiger partial charge in [0, 0.05) is 12.2 Å². The van der Waals surface area contributed by atoms with E-state index < -0.39 is 16.1 Å². The first-order valence-corrected chi connectivity index (χ1v) is 11.5. The van der Waals surface area contributed by atoms with Crippen molar-refractivity contribution in [3.05, 3.63) is 90.0 Å². The summed E-state index contributed by atoms with van der Waals surface area (Å²) in [6.45, 7) is 3.94. The minimum absolute atomic E-state index is 0.141. The van der Waals surface area contributed by atoms with Crippen molar-refractivity contribution in [2.45, 2.75) is 31.3 Å². The van der Waals surface area contributed by atoms with E-state index in [9.17, 15) is 13.2 Å². The van der Waals surface area contributed by atoms with E-state index in [0.29, 0.717) is 24.4 Å². The Bertz CT molecular complexity index is 1100. The quantitative estimate of drug-likeness (QED) is 0.530. The van der Waals surface area contributed by atoms with Gasteiger partial charge >= 0.3 is 0 Å². The Hall–Kier alpha value is -3.16. The zero-order valence-electron chi connectivity index (χ0n) is 17.5. The highest BCUT2D eigenvalue weighted by atomic mass is 32.2. The molecule has 31 heavy (non-hydrogen) atoms. The van der Waals surface area contributed by atoms with Crippen LogP contribution in [0.25, 0.3) is 0 Å². The topological polar surface area (TPSA) is 84.5 Å². The lowest BCUT2D eigenvalue weighted by molar-refractivity contribution is -0.122. The second kappa shape index (κ2) is 10.2. The summed E-state index contributed by atoms with van der Waals surface area (Å²) in [7, 11) is -3.62. The minimum atomic E-state index is -3.62. The molecular weight excluding hydrogens is 412 g/mol. The molecule has 6 nitrogen and oxygen atoms in total. The molecule has 0 spiro atoms. The van der Waals surface area contributed by atoms with E-state index in [4.69, 9.17) is 4.74 Å². The van der Waals surface area contributed by atoms with Crippen LogP contribution in [0.2, 0.25) is 0 Å². The van der Waals surface area contributed by atoms with Crippen LogP contribution in [0, 0.1) is 6.92 Å². The Morgan fingerprint density at radius 1 is 0.935 bits per heavy atom. The molecule has 0 bridgehead atoms. The molecule has 0 aliphatic heterocycles. The largest absolute Gasteiger partial charge is 0.481 e. The number of sulfonamides is 1. The van der Waals surface area contributed by atoms with Crippen molar-refractivity contribution in [2.24, 2.45) is 0 Å². The number of amides is 1. The Morgan fingerprint density at radius 3 is 2.23 bits per heavy atom. The molecule has 3 aromatic rings. The molecule has 0 unspecified atom stereocenters. The van der Waals surface area contributed by atoms with Crippen molar-refractivity contribution in [3.8, 4) is 5.75 Å². The molecule has 1 atom stereocenters. The highest BCUT2D eigenvalue weighted by Crippen LogP contribution is 2.16. The van der Waals surface area contributed by atoms with Gasteiger partial charge in [0.25, 0.3) is 5.91 Å². The molecule has 2 N–H and O–H groups in total. The van der Waals surface area contributed by atoms with Crippen molar-refractivity contribution >= 4 is 21.6 Å². The number of rotatable bonds is 9. The summed E-state index contributed by atoms with van der Waals surface area (Å²) in [6.07, 6.45) is -0.0987. The minimum Gasteiger partial charge on any atom is -0.481 e. The lowest BCUT2D eigenvalue weighted by Crippen LogP contribution is -2.30. The molecule has 162 valence electrons. The van der Waals surface area contributed by atoms with Gasteiger partial charge < -0.3 is 10.1 Å². The van der Waals surface area contributed by atoms with Crippen LogP contribution < -0.4 is 14.8 Å². The maximum absolute atomic E-state index is 12.5. The molecule has 0 saturated carbocycles. The van der Waals surface area contributed by atoms with Gasteiger partial charge in [0.15, 0.2) is 6.10 Å². The first kappa shape index (κ1) is 22.5. The summed E-state index contributed by atoms with van der Waals surface area (Å²) in [5.41, 5.74) is 2.66. The number of anilines is 1. The Morgan fingerprint density at radius 2 is 1.58 bits per heavy atom. The average Bonchev–Trinajstić information content (AvgIpc) is 2.76. The van der Waals surface area contributed by atoms with Crippen LogP contribution in [0.5, 0.6) is 5.75 Å². The Kier molecular flexibility index (Phi) is 7.44. The van der Waals surface area contributed by atoms with Crippen LogP contribution >= 0.6 is 0 Å². The monoisotopic (exact) mass is 438 g/mol. The van der Waals surface area contributed by atoms with Gasteiger partial charge in [0.05, 0.1) is 4.90 Å². The highest BCUT2D eigenvalue weighted by Gasteiger charge is 2.17. The van der Waals surface area contributed by atoms with Gasteiger partial charge in [-0.25, -0.2) is 13.1 Å². The molecule has 0 saturated heterocycles. The standard InChI is InChI=1S/C24H26N2O4S/c1-18-8-12-22(13-9-18)30-19(2)24(27)26-21-10-14-23(15-11-21)31(28,29)25-17-16-20-6-4-3-5-7-20/h3-15,19,25H,16-17H2,1-2H3,(H,26,27)/t19-/m0/s1. The molecule has 7 heteroatoms. The van der Waals surface area contributed by atoms with Gasteiger partial charge in [-0.1, -0.05) is 48.0 Å². The normalized spacial score (nSPS) is 12.2. The van der Waals surface area contributed by atoms with E-state index in [1.54, 1.807) is 19.1 Å². The molecule has 3 aromatic carbocycles. The lowest BCUT2D eigenvalue weighted by atomic mass is 10.2. The van der Waals surface area contributed by atoms with E-state index in [1.807, 2.05) is 61.5 Å². The Balaban J connectivity index is 1.53. The molecule has 0 fully saturated rings. The fraction of sp³-hybridized carbons (Fsp3) is 0.208. The van der Waals surface area contributed by atoms with E-state index in [-0.39, 0.29) is 10.8 Å². The summed E-state index contributed by atoms with van der Waals surface area (Å²) in [5, 5.41) is 2.74. The number of carbonyl (C=O) groups is 1. The van der Waals surface area contributed by atoms with Crippen molar-refractivity contribution in [1.82, 2.24) is 4.72 Å². The number of benzene rings is 3. The maximum atomic E-state index is 12.5. The summed E-state index contributed by atoms with van der Waals surface area (Å²) in [4.78, 5) is 12.5. The third-order valence-electron chi connectivity index (χ3n) is 4.68. The molecule has 3 rings (SSSR count). The van der Waals surface area contributed by atoms with Crippen molar-refractivity contribution in [2.75, 3.05) is 11.9 Å². The van der Waals surface area contributed by atoms with Crippen molar-refractivity contribution in [3.63, 3.8) is 0 Å². The SMILES string of the molecule is Cc1ccc(O[C@@H](C)C(=O)Nc2ccc(S(=O)(=O)NCCc3ccccc3)cc2)cc1. The zero-order chi connectivity index (χ0) is 22.3. The van der Waals surface area contributed by atoms with Crippen LogP contribution in [0.1, 0.15) is 18.1 Å². The maximum Gasteiger partial charge on any atom is 0.265 e. The zero-order valence-corrected chi connectivity index (χ0v) is 18.4. The van der Waals surface area contributed by atoms with Crippen LogP contribution in [0.15, 0.2) is 83.8 Å². The van der Waals surface area contributed by atoms with E-state index >= 15 is 0 Å². The molecule has 0 radical (unpaired) electrons. The van der Waals surface area contributed by atoms with Crippen LogP contribution in [0.4, 0.5) is 5.69 Å². The van der Waals surface area contributed by atoms with Gasteiger partial charge in [-0.3, -0.25) is 4.79 Å². The fourth-order valence-corrected chi connectivity index (χ4v) is 3.93. The number of nitrogens with one attached hydrogen (secondary N) is 2. The molecular formula is C24H26N2O4S. The van der Waals surface area contributed by atoms with E-state index in [2.05, 4.69) is 10.0 Å². The number of ether oxygens (including phenoxy) is 1. The second-order valence-electron chi connectivity index (χ2n) is 7.22. The van der Waals surface area contributed by atoms with Crippen LogP contribution in [0.3, 0.4) is 0 Å².